The summed E-state index contributed by atoms with van der Waals surface area (Å²) in [6.45, 7) is 2.75. The van der Waals surface area contributed by atoms with E-state index in [1.54, 1.807) is 0 Å². The molecule has 118 valence electrons. The third kappa shape index (κ3) is 3.96. The number of benzene rings is 1. The van der Waals surface area contributed by atoms with Crippen molar-refractivity contribution in [2.75, 3.05) is 13.6 Å². The van der Waals surface area contributed by atoms with Crippen molar-refractivity contribution in [3.8, 4) is 0 Å². The first-order chi connectivity index (χ1) is 9.83. The lowest BCUT2D eigenvalue weighted by Gasteiger charge is -2.35. The Kier molecular flexibility index (Phi) is 5.27. The van der Waals surface area contributed by atoms with Gasteiger partial charge in [0.15, 0.2) is 0 Å². The van der Waals surface area contributed by atoms with Crippen molar-refractivity contribution >= 4 is 21.6 Å². The van der Waals surface area contributed by atoms with E-state index in [9.17, 15) is 8.42 Å². The summed E-state index contributed by atoms with van der Waals surface area (Å²) in [4.78, 5) is 2.36. The zero-order valence-corrected chi connectivity index (χ0v) is 13.8. The van der Waals surface area contributed by atoms with E-state index >= 15 is 0 Å². The van der Waals surface area contributed by atoms with Crippen LogP contribution in [0.1, 0.15) is 25.3 Å². The molecule has 0 radical (unpaired) electrons. The molecule has 1 aromatic rings. The van der Waals surface area contributed by atoms with E-state index in [1.165, 1.54) is 18.2 Å². The van der Waals surface area contributed by atoms with Crippen molar-refractivity contribution < 1.29 is 13.5 Å². The van der Waals surface area contributed by atoms with Crippen LogP contribution in [0, 0.1) is 0 Å². The van der Waals surface area contributed by atoms with Gasteiger partial charge in [-0.25, -0.2) is 13.1 Å². The Bertz CT molecular complexity index is 606. The molecule has 0 aromatic heterocycles. The predicted octanol–water partition coefficient (Wildman–Crippen LogP) is 1.59. The highest BCUT2D eigenvalue weighted by molar-refractivity contribution is 7.89. The van der Waals surface area contributed by atoms with Crippen molar-refractivity contribution in [3.05, 3.63) is 28.8 Å². The first kappa shape index (κ1) is 16.7. The minimum atomic E-state index is -3.58. The van der Waals surface area contributed by atoms with E-state index in [-0.39, 0.29) is 22.6 Å². The van der Waals surface area contributed by atoms with Gasteiger partial charge in [-0.3, -0.25) is 0 Å². The normalized spacial score (nSPS) is 24.2. The van der Waals surface area contributed by atoms with Crippen LogP contribution in [0.2, 0.25) is 5.02 Å². The lowest BCUT2D eigenvalue weighted by molar-refractivity contribution is 0.178. The minimum absolute atomic E-state index is 0.0579. The van der Waals surface area contributed by atoms with Crippen molar-refractivity contribution in [1.29, 1.82) is 0 Å². The van der Waals surface area contributed by atoms with Gasteiger partial charge in [0.2, 0.25) is 10.0 Å². The Labute approximate surface area is 131 Å². The van der Waals surface area contributed by atoms with Crippen LogP contribution in [-0.2, 0) is 16.6 Å². The number of aliphatic hydroxyl groups is 1. The molecule has 0 saturated carbocycles. The molecule has 1 aliphatic rings. The molecule has 0 aliphatic carbocycles. The Balaban J connectivity index is 2.13. The second-order valence-electron chi connectivity index (χ2n) is 5.58. The van der Waals surface area contributed by atoms with Crippen LogP contribution in [0.5, 0.6) is 0 Å². The number of nitrogens with zero attached hydrogens (tertiary/aromatic N) is 1. The highest BCUT2D eigenvalue weighted by Gasteiger charge is 2.27. The number of likely N-dealkylation sites (tertiary alicyclic amines) is 1. The molecule has 7 heteroatoms. The summed E-state index contributed by atoms with van der Waals surface area (Å²) in [5.41, 5.74) is 0.517. The maximum Gasteiger partial charge on any atom is 0.240 e. The largest absolute Gasteiger partial charge is 0.392 e. The first-order valence-electron chi connectivity index (χ1n) is 6.95. The van der Waals surface area contributed by atoms with E-state index in [1.807, 2.05) is 7.05 Å². The van der Waals surface area contributed by atoms with Gasteiger partial charge in [-0.1, -0.05) is 17.7 Å². The Hall–Kier alpha value is -0.660. The number of piperidine rings is 1. The number of halogens is 1. The van der Waals surface area contributed by atoms with Crippen molar-refractivity contribution in [1.82, 2.24) is 9.62 Å². The molecule has 1 saturated heterocycles. The number of hydrogen-bond donors (Lipinski definition) is 2. The maximum absolute atomic E-state index is 12.4. The van der Waals surface area contributed by atoms with Crippen LogP contribution < -0.4 is 4.72 Å². The summed E-state index contributed by atoms with van der Waals surface area (Å²) >= 11 is 5.96. The van der Waals surface area contributed by atoms with Crippen LogP contribution in [0.15, 0.2) is 23.1 Å². The fourth-order valence-electron chi connectivity index (χ4n) is 2.51. The van der Waals surface area contributed by atoms with Gasteiger partial charge in [0.05, 0.1) is 11.5 Å². The molecule has 2 rings (SSSR count). The molecule has 2 unspecified atom stereocenters. The van der Waals surface area contributed by atoms with Gasteiger partial charge in [0.25, 0.3) is 0 Å². The second kappa shape index (κ2) is 6.62. The van der Waals surface area contributed by atoms with Crippen LogP contribution in [-0.4, -0.2) is 44.1 Å². The fourth-order valence-corrected chi connectivity index (χ4v) is 4.12. The van der Waals surface area contributed by atoms with Gasteiger partial charge in [0, 0.05) is 17.1 Å². The van der Waals surface area contributed by atoms with Gasteiger partial charge < -0.3 is 10.0 Å². The molecular formula is C14H21ClN2O3S. The number of sulfonamides is 1. The summed E-state index contributed by atoms with van der Waals surface area (Å²) < 4.78 is 27.5. The number of aliphatic hydroxyl groups excluding tert-OH is 1. The molecule has 5 nitrogen and oxygen atoms in total. The summed E-state index contributed by atoms with van der Waals surface area (Å²) in [5, 5.41) is 9.33. The molecule has 1 aliphatic heterocycles. The van der Waals surface area contributed by atoms with Crippen LogP contribution in [0.4, 0.5) is 0 Å². The van der Waals surface area contributed by atoms with Crippen LogP contribution in [0.25, 0.3) is 0 Å². The van der Waals surface area contributed by atoms with E-state index in [0.29, 0.717) is 11.6 Å². The topological polar surface area (TPSA) is 69.6 Å². The SMILES string of the molecule is CC1CC(NS(=O)(=O)c2ccc(CO)c(Cl)c2)CCN1C. The monoisotopic (exact) mass is 332 g/mol. The first-order valence-corrected chi connectivity index (χ1v) is 8.81. The lowest BCUT2D eigenvalue weighted by atomic mass is 10.0. The van der Waals surface area contributed by atoms with Gasteiger partial charge in [0.1, 0.15) is 0 Å². The third-order valence-electron chi connectivity index (χ3n) is 4.04. The predicted molar refractivity (Wildman–Crippen MR) is 82.8 cm³/mol. The lowest BCUT2D eigenvalue weighted by Crippen LogP contribution is -2.47. The van der Waals surface area contributed by atoms with Crippen molar-refractivity contribution in [2.45, 2.75) is 43.4 Å². The second-order valence-corrected chi connectivity index (χ2v) is 7.70. The molecule has 1 aromatic carbocycles. The summed E-state index contributed by atoms with van der Waals surface area (Å²) in [5.74, 6) is 0. The zero-order valence-electron chi connectivity index (χ0n) is 12.2. The average Bonchev–Trinajstić information content (AvgIpc) is 2.42. The van der Waals surface area contributed by atoms with E-state index in [2.05, 4.69) is 16.5 Å². The average molecular weight is 333 g/mol. The molecule has 1 heterocycles. The smallest absolute Gasteiger partial charge is 0.240 e. The molecule has 0 amide bonds. The number of hydrogen-bond acceptors (Lipinski definition) is 4. The Morgan fingerprint density at radius 2 is 2.19 bits per heavy atom. The molecule has 1 fully saturated rings. The molecule has 2 atom stereocenters. The molecule has 21 heavy (non-hydrogen) atoms. The van der Waals surface area contributed by atoms with Gasteiger partial charge in [-0.2, -0.15) is 0 Å². The summed E-state index contributed by atoms with van der Waals surface area (Å²) in [7, 11) is -1.54. The van der Waals surface area contributed by atoms with Gasteiger partial charge in [-0.15, -0.1) is 0 Å². The number of rotatable bonds is 4. The molecular weight excluding hydrogens is 312 g/mol. The summed E-state index contributed by atoms with van der Waals surface area (Å²) in [6.07, 6.45) is 1.58. The highest BCUT2D eigenvalue weighted by atomic mass is 35.5. The van der Waals surface area contributed by atoms with E-state index in [4.69, 9.17) is 16.7 Å². The molecule has 2 N–H and O–H groups in total. The summed E-state index contributed by atoms with van der Waals surface area (Å²) in [6, 6.07) is 4.68. The number of nitrogens with one attached hydrogen (secondary N) is 1. The molecule has 0 spiro atoms. The quantitative estimate of drug-likeness (QED) is 0.878. The van der Waals surface area contributed by atoms with E-state index < -0.39 is 10.0 Å². The van der Waals surface area contributed by atoms with Crippen molar-refractivity contribution in [3.63, 3.8) is 0 Å². The Morgan fingerprint density at radius 1 is 1.48 bits per heavy atom. The van der Waals surface area contributed by atoms with Gasteiger partial charge in [-0.05, 0) is 51.1 Å². The highest BCUT2D eigenvalue weighted by Crippen LogP contribution is 2.22. The van der Waals surface area contributed by atoms with E-state index in [0.717, 1.165) is 19.4 Å². The Morgan fingerprint density at radius 3 is 2.76 bits per heavy atom. The fraction of sp³-hybridized carbons (Fsp3) is 0.571. The minimum Gasteiger partial charge on any atom is -0.392 e. The zero-order chi connectivity index (χ0) is 15.6. The maximum atomic E-state index is 12.4. The standard InChI is InChI=1S/C14H21ClN2O3S/c1-10-7-12(5-6-17(10)2)16-21(19,20)13-4-3-11(9-18)14(15)8-13/h3-4,8,10,12,16,18H,5-7,9H2,1-2H3. The van der Waals surface area contributed by atoms with Gasteiger partial charge >= 0.3 is 0 Å². The van der Waals surface area contributed by atoms with Crippen LogP contribution >= 0.6 is 11.6 Å². The molecule has 0 bridgehead atoms. The van der Waals surface area contributed by atoms with Crippen molar-refractivity contribution in [2.24, 2.45) is 0 Å². The van der Waals surface area contributed by atoms with Crippen LogP contribution in [0.3, 0.4) is 0 Å². The third-order valence-corrected chi connectivity index (χ3v) is 5.91.